The Labute approximate surface area is 92.1 Å². The fourth-order valence-electron chi connectivity index (χ4n) is 1.74. The van der Waals surface area contributed by atoms with Crippen LogP contribution in [-0.2, 0) is 6.42 Å². The molecule has 2 unspecified atom stereocenters. The summed E-state index contributed by atoms with van der Waals surface area (Å²) in [7, 11) is 0. The summed E-state index contributed by atoms with van der Waals surface area (Å²) in [6.45, 7) is 4.35. The fourth-order valence-corrected chi connectivity index (χ4v) is 1.74. The average Bonchev–Trinajstić information content (AvgIpc) is 2.30. The quantitative estimate of drug-likeness (QED) is 0.778. The van der Waals surface area contributed by atoms with Gasteiger partial charge >= 0.3 is 0 Å². The average molecular weight is 207 g/mol. The van der Waals surface area contributed by atoms with Crippen LogP contribution in [0.25, 0.3) is 0 Å². The summed E-state index contributed by atoms with van der Waals surface area (Å²) in [5, 5.41) is 9.18. The Morgan fingerprint density at radius 3 is 2.20 bits per heavy atom. The van der Waals surface area contributed by atoms with Crippen LogP contribution in [0.15, 0.2) is 24.3 Å². The minimum absolute atomic E-state index is 0.0501. The molecule has 1 aromatic carbocycles. The highest BCUT2D eigenvalue weighted by Crippen LogP contribution is 2.22. The van der Waals surface area contributed by atoms with Crippen LogP contribution < -0.4 is 5.73 Å². The second-order valence-electron chi connectivity index (χ2n) is 3.97. The molecule has 0 spiro atoms. The normalized spacial score (nSPS) is 14.9. The lowest BCUT2D eigenvalue weighted by Crippen LogP contribution is -2.23. The van der Waals surface area contributed by atoms with E-state index in [-0.39, 0.29) is 18.6 Å². The monoisotopic (exact) mass is 207 g/mol. The molecule has 1 aromatic rings. The van der Waals surface area contributed by atoms with Crippen molar-refractivity contribution in [2.45, 2.75) is 32.7 Å². The van der Waals surface area contributed by atoms with Crippen LogP contribution in [0.1, 0.15) is 37.4 Å². The van der Waals surface area contributed by atoms with Gasteiger partial charge in [-0.25, -0.2) is 0 Å². The van der Waals surface area contributed by atoms with E-state index in [1.165, 1.54) is 5.56 Å². The maximum atomic E-state index is 9.18. The minimum Gasteiger partial charge on any atom is -0.396 e. The van der Waals surface area contributed by atoms with Crippen molar-refractivity contribution in [3.05, 3.63) is 35.4 Å². The molecule has 2 nitrogen and oxygen atoms in total. The number of aryl methyl sites for hydroxylation is 1. The summed E-state index contributed by atoms with van der Waals surface area (Å²) < 4.78 is 0. The standard InChI is InChI=1S/C13H21NO/c1-3-10-5-7-12(8-6-10)13(14)11(4-2)9-15/h5-8,11,13,15H,3-4,9,14H2,1-2H3. The van der Waals surface area contributed by atoms with Crippen molar-refractivity contribution in [3.8, 4) is 0 Å². The number of hydrogen-bond acceptors (Lipinski definition) is 2. The van der Waals surface area contributed by atoms with Gasteiger partial charge in [-0.15, -0.1) is 0 Å². The second-order valence-corrected chi connectivity index (χ2v) is 3.97. The molecule has 0 fully saturated rings. The van der Waals surface area contributed by atoms with Gasteiger partial charge in [0.05, 0.1) is 0 Å². The van der Waals surface area contributed by atoms with Crippen molar-refractivity contribution >= 4 is 0 Å². The molecule has 3 N–H and O–H groups in total. The summed E-state index contributed by atoms with van der Waals surface area (Å²) in [5.74, 6) is 0.164. The third-order valence-electron chi connectivity index (χ3n) is 3.04. The highest BCUT2D eigenvalue weighted by molar-refractivity contribution is 5.25. The Balaban J connectivity index is 2.76. The SMILES string of the molecule is CCc1ccc(C(N)C(CC)CO)cc1. The van der Waals surface area contributed by atoms with Crippen LogP contribution in [-0.4, -0.2) is 11.7 Å². The van der Waals surface area contributed by atoms with E-state index >= 15 is 0 Å². The topological polar surface area (TPSA) is 46.2 Å². The molecule has 0 aliphatic rings. The number of aliphatic hydroxyl groups is 1. The predicted octanol–water partition coefficient (Wildman–Crippen LogP) is 2.27. The van der Waals surface area contributed by atoms with Gasteiger partial charge in [-0.05, 0) is 24.0 Å². The third-order valence-corrected chi connectivity index (χ3v) is 3.04. The minimum atomic E-state index is -0.0501. The lowest BCUT2D eigenvalue weighted by atomic mass is 9.92. The maximum absolute atomic E-state index is 9.18. The summed E-state index contributed by atoms with van der Waals surface area (Å²) in [4.78, 5) is 0. The molecule has 1 rings (SSSR count). The van der Waals surface area contributed by atoms with E-state index in [2.05, 4.69) is 38.1 Å². The first-order chi connectivity index (χ1) is 7.22. The highest BCUT2D eigenvalue weighted by atomic mass is 16.3. The van der Waals surface area contributed by atoms with Crippen LogP contribution >= 0.6 is 0 Å². The molecule has 0 amide bonds. The Hall–Kier alpha value is -0.860. The molecule has 84 valence electrons. The van der Waals surface area contributed by atoms with Gasteiger partial charge in [-0.3, -0.25) is 0 Å². The van der Waals surface area contributed by atoms with Gasteiger partial charge in [0.25, 0.3) is 0 Å². The van der Waals surface area contributed by atoms with Crippen molar-refractivity contribution in [1.29, 1.82) is 0 Å². The van der Waals surface area contributed by atoms with Gasteiger partial charge in [0.1, 0.15) is 0 Å². The summed E-state index contributed by atoms with van der Waals surface area (Å²) in [6, 6.07) is 8.31. The fraction of sp³-hybridized carbons (Fsp3) is 0.538. The number of aliphatic hydroxyl groups excluding tert-OH is 1. The first-order valence-electron chi connectivity index (χ1n) is 5.68. The zero-order valence-corrected chi connectivity index (χ0v) is 9.61. The van der Waals surface area contributed by atoms with Gasteiger partial charge in [0.2, 0.25) is 0 Å². The summed E-state index contributed by atoms with van der Waals surface area (Å²) >= 11 is 0. The largest absolute Gasteiger partial charge is 0.396 e. The smallest absolute Gasteiger partial charge is 0.0477 e. The Bertz CT molecular complexity index is 277. The number of nitrogens with two attached hydrogens (primary N) is 1. The van der Waals surface area contributed by atoms with Crippen LogP contribution in [0, 0.1) is 5.92 Å². The third kappa shape index (κ3) is 3.05. The summed E-state index contributed by atoms with van der Waals surface area (Å²) in [5.41, 5.74) is 8.53. The maximum Gasteiger partial charge on any atom is 0.0477 e. The molecule has 2 heteroatoms. The zero-order valence-electron chi connectivity index (χ0n) is 9.61. The van der Waals surface area contributed by atoms with Crippen molar-refractivity contribution < 1.29 is 5.11 Å². The van der Waals surface area contributed by atoms with Gasteiger partial charge < -0.3 is 10.8 Å². The van der Waals surface area contributed by atoms with Crippen molar-refractivity contribution in [2.75, 3.05) is 6.61 Å². The first kappa shape index (κ1) is 12.2. The van der Waals surface area contributed by atoms with Crippen LogP contribution in [0.5, 0.6) is 0 Å². The van der Waals surface area contributed by atoms with Gasteiger partial charge in [-0.2, -0.15) is 0 Å². The number of hydrogen-bond donors (Lipinski definition) is 2. The Kier molecular flexibility index (Phi) is 4.79. The van der Waals surface area contributed by atoms with Crippen molar-refractivity contribution in [3.63, 3.8) is 0 Å². The van der Waals surface area contributed by atoms with E-state index in [0.717, 1.165) is 18.4 Å². The van der Waals surface area contributed by atoms with Gasteiger partial charge in [0, 0.05) is 18.6 Å². The van der Waals surface area contributed by atoms with Crippen LogP contribution in [0.2, 0.25) is 0 Å². The molecule has 0 saturated carbocycles. The molecule has 15 heavy (non-hydrogen) atoms. The molecular weight excluding hydrogens is 186 g/mol. The van der Waals surface area contributed by atoms with Crippen LogP contribution in [0.3, 0.4) is 0 Å². The molecule has 2 atom stereocenters. The lowest BCUT2D eigenvalue weighted by molar-refractivity contribution is 0.200. The van der Waals surface area contributed by atoms with Crippen molar-refractivity contribution in [1.82, 2.24) is 0 Å². The molecule has 0 heterocycles. The second kappa shape index (κ2) is 5.89. The van der Waals surface area contributed by atoms with Gasteiger partial charge in [0.15, 0.2) is 0 Å². The molecule has 0 saturated heterocycles. The van der Waals surface area contributed by atoms with E-state index in [9.17, 15) is 5.11 Å². The molecule has 0 aromatic heterocycles. The van der Waals surface area contributed by atoms with E-state index < -0.39 is 0 Å². The van der Waals surface area contributed by atoms with Crippen molar-refractivity contribution in [2.24, 2.45) is 11.7 Å². The first-order valence-corrected chi connectivity index (χ1v) is 5.68. The van der Waals surface area contributed by atoms with Crippen LogP contribution in [0.4, 0.5) is 0 Å². The number of rotatable bonds is 5. The Morgan fingerprint density at radius 1 is 1.20 bits per heavy atom. The zero-order chi connectivity index (χ0) is 11.3. The summed E-state index contributed by atoms with van der Waals surface area (Å²) in [6.07, 6.45) is 1.96. The van der Waals surface area contributed by atoms with Gasteiger partial charge in [-0.1, -0.05) is 38.1 Å². The molecule has 0 radical (unpaired) electrons. The van der Waals surface area contributed by atoms with E-state index in [4.69, 9.17) is 5.73 Å². The molecule has 0 aliphatic heterocycles. The lowest BCUT2D eigenvalue weighted by Gasteiger charge is -2.20. The van der Waals surface area contributed by atoms with E-state index in [0.29, 0.717) is 0 Å². The molecular formula is C13H21NO. The highest BCUT2D eigenvalue weighted by Gasteiger charge is 2.16. The number of benzene rings is 1. The Morgan fingerprint density at radius 2 is 1.80 bits per heavy atom. The van der Waals surface area contributed by atoms with E-state index in [1.807, 2.05) is 0 Å². The molecule has 0 bridgehead atoms. The predicted molar refractivity (Wildman–Crippen MR) is 63.6 cm³/mol. The van der Waals surface area contributed by atoms with E-state index in [1.54, 1.807) is 0 Å². The molecule has 0 aliphatic carbocycles.